The van der Waals surface area contributed by atoms with E-state index < -0.39 is 12.0 Å². The molecular formula is C12H24N2O4. The van der Waals surface area contributed by atoms with Crippen LogP contribution < -0.4 is 5.32 Å². The van der Waals surface area contributed by atoms with Gasteiger partial charge in [-0.2, -0.15) is 0 Å². The maximum absolute atomic E-state index is 12.0. The maximum Gasteiger partial charge on any atom is 0.326 e. The zero-order valence-corrected chi connectivity index (χ0v) is 11.6. The van der Waals surface area contributed by atoms with Crippen molar-refractivity contribution in [3.05, 3.63) is 0 Å². The molecule has 0 radical (unpaired) electrons. The zero-order chi connectivity index (χ0) is 14.1. The number of carbonyl (C=O) groups is 2. The van der Waals surface area contributed by atoms with Crippen LogP contribution in [-0.4, -0.2) is 54.4 Å². The van der Waals surface area contributed by atoms with Gasteiger partial charge in [-0.1, -0.05) is 13.3 Å². The minimum absolute atomic E-state index is 0.00350. The summed E-state index contributed by atoms with van der Waals surface area (Å²) in [5, 5.41) is 11.5. The fraction of sp³-hybridized carbons (Fsp3) is 0.833. The minimum Gasteiger partial charge on any atom is -0.480 e. The van der Waals surface area contributed by atoms with Gasteiger partial charge < -0.3 is 20.1 Å². The van der Waals surface area contributed by atoms with Crippen LogP contribution >= 0.6 is 0 Å². The van der Waals surface area contributed by atoms with Crippen LogP contribution in [-0.2, 0) is 9.53 Å². The van der Waals surface area contributed by atoms with E-state index in [1.54, 1.807) is 12.0 Å². The first-order valence-corrected chi connectivity index (χ1v) is 6.22. The Hall–Kier alpha value is -1.30. The van der Waals surface area contributed by atoms with E-state index in [4.69, 9.17) is 9.84 Å². The van der Waals surface area contributed by atoms with E-state index in [0.717, 1.165) is 0 Å². The molecule has 0 fully saturated rings. The van der Waals surface area contributed by atoms with Gasteiger partial charge in [0.25, 0.3) is 0 Å². The summed E-state index contributed by atoms with van der Waals surface area (Å²) in [6.45, 7) is 6.51. The Kier molecular flexibility index (Phi) is 8.11. The molecule has 0 saturated heterocycles. The standard InChI is InChI=1S/C12H24N2O4/c1-5-6-10(11(15)16)13-12(17)14(9(2)3)7-8-18-4/h9-10H,5-8H2,1-4H3,(H,13,17)(H,15,16). The Bertz CT molecular complexity index is 269. The summed E-state index contributed by atoms with van der Waals surface area (Å²) in [4.78, 5) is 24.5. The minimum atomic E-state index is -0.999. The van der Waals surface area contributed by atoms with Crippen LogP contribution in [0.1, 0.15) is 33.6 Å². The van der Waals surface area contributed by atoms with Crippen LogP contribution in [0.5, 0.6) is 0 Å². The maximum atomic E-state index is 12.0. The quantitative estimate of drug-likeness (QED) is 0.689. The highest BCUT2D eigenvalue weighted by Gasteiger charge is 2.23. The molecule has 0 aromatic rings. The fourth-order valence-corrected chi connectivity index (χ4v) is 1.56. The molecule has 18 heavy (non-hydrogen) atoms. The molecule has 2 amide bonds. The average Bonchev–Trinajstić information content (AvgIpc) is 2.28. The van der Waals surface area contributed by atoms with Gasteiger partial charge >= 0.3 is 12.0 Å². The van der Waals surface area contributed by atoms with Crippen molar-refractivity contribution in [1.29, 1.82) is 0 Å². The molecular weight excluding hydrogens is 236 g/mol. The van der Waals surface area contributed by atoms with Crippen molar-refractivity contribution >= 4 is 12.0 Å². The highest BCUT2D eigenvalue weighted by Crippen LogP contribution is 2.02. The van der Waals surface area contributed by atoms with Crippen LogP contribution in [0.2, 0.25) is 0 Å². The number of carboxylic acids is 1. The van der Waals surface area contributed by atoms with Gasteiger partial charge in [0.1, 0.15) is 6.04 Å². The molecule has 0 rings (SSSR count). The van der Waals surface area contributed by atoms with E-state index in [9.17, 15) is 9.59 Å². The van der Waals surface area contributed by atoms with Gasteiger partial charge in [-0.05, 0) is 20.3 Å². The second kappa shape index (κ2) is 8.74. The molecule has 106 valence electrons. The number of nitrogens with one attached hydrogen (secondary N) is 1. The van der Waals surface area contributed by atoms with Crippen LogP contribution in [0.4, 0.5) is 4.79 Å². The SMILES string of the molecule is CCCC(NC(=O)N(CCOC)C(C)C)C(=O)O. The Labute approximate surface area is 108 Å². The highest BCUT2D eigenvalue weighted by molar-refractivity contribution is 5.82. The Morgan fingerprint density at radius 2 is 2.00 bits per heavy atom. The number of hydrogen-bond donors (Lipinski definition) is 2. The van der Waals surface area contributed by atoms with E-state index in [0.29, 0.717) is 26.0 Å². The van der Waals surface area contributed by atoms with Gasteiger partial charge in [-0.15, -0.1) is 0 Å². The van der Waals surface area contributed by atoms with Crippen molar-refractivity contribution < 1.29 is 19.4 Å². The molecule has 0 saturated carbocycles. The normalized spacial score (nSPS) is 12.3. The summed E-state index contributed by atoms with van der Waals surface area (Å²) >= 11 is 0. The van der Waals surface area contributed by atoms with Gasteiger partial charge in [0.2, 0.25) is 0 Å². The number of ether oxygens (including phenoxy) is 1. The Morgan fingerprint density at radius 3 is 2.39 bits per heavy atom. The molecule has 0 spiro atoms. The molecule has 1 unspecified atom stereocenters. The monoisotopic (exact) mass is 260 g/mol. The van der Waals surface area contributed by atoms with Crippen LogP contribution in [0.25, 0.3) is 0 Å². The number of aliphatic carboxylic acids is 1. The third-order valence-corrected chi connectivity index (χ3v) is 2.59. The lowest BCUT2D eigenvalue weighted by atomic mass is 10.2. The van der Waals surface area contributed by atoms with Gasteiger partial charge in [0, 0.05) is 19.7 Å². The predicted octanol–water partition coefficient (Wildman–Crippen LogP) is 1.31. The summed E-state index contributed by atoms with van der Waals surface area (Å²) in [5.74, 6) is -0.999. The first kappa shape index (κ1) is 16.7. The Morgan fingerprint density at radius 1 is 1.39 bits per heavy atom. The lowest BCUT2D eigenvalue weighted by Crippen LogP contribution is -2.51. The van der Waals surface area contributed by atoms with Crippen molar-refractivity contribution in [2.75, 3.05) is 20.3 Å². The van der Waals surface area contributed by atoms with Crippen LogP contribution in [0, 0.1) is 0 Å². The van der Waals surface area contributed by atoms with Crippen molar-refractivity contribution in [3.8, 4) is 0 Å². The first-order valence-electron chi connectivity index (χ1n) is 6.22. The van der Waals surface area contributed by atoms with E-state index in [1.165, 1.54) is 0 Å². The number of rotatable bonds is 8. The number of amides is 2. The second-order valence-corrected chi connectivity index (χ2v) is 4.41. The highest BCUT2D eigenvalue weighted by atomic mass is 16.5. The first-order chi connectivity index (χ1) is 8.43. The zero-order valence-electron chi connectivity index (χ0n) is 11.6. The fourth-order valence-electron chi connectivity index (χ4n) is 1.56. The molecule has 0 aromatic carbocycles. The van der Waals surface area contributed by atoms with Gasteiger partial charge in [0.15, 0.2) is 0 Å². The van der Waals surface area contributed by atoms with E-state index in [2.05, 4.69) is 5.32 Å². The summed E-state index contributed by atoms with van der Waals surface area (Å²) in [6.07, 6.45) is 1.13. The lowest BCUT2D eigenvalue weighted by Gasteiger charge is -2.28. The van der Waals surface area contributed by atoms with Gasteiger partial charge in [-0.3, -0.25) is 0 Å². The molecule has 0 bridgehead atoms. The van der Waals surface area contributed by atoms with Crippen molar-refractivity contribution in [3.63, 3.8) is 0 Å². The average molecular weight is 260 g/mol. The van der Waals surface area contributed by atoms with Crippen LogP contribution in [0.15, 0.2) is 0 Å². The number of methoxy groups -OCH3 is 1. The second-order valence-electron chi connectivity index (χ2n) is 4.41. The molecule has 6 heteroatoms. The molecule has 2 N–H and O–H groups in total. The summed E-state index contributed by atoms with van der Waals surface area (Å²) in [7, 11) is 1.56. The van der Waals surface area contributed by atoms with Crippen LogP contribution in [0.3, 0.4) is 0 Å². The molecule has 0 aliphatic rings. The van der Waals surface area contributed by atoms with Gasteiger partial charge in [-0.25, -0.2) is 9.59 Å². The lowest BCUT2D eigenvalue weighted by molar-refractivity contribution is -0.139. The number of nitrogens with zero attached hydrogens (tertiary/aromatic N) is 1. The topological polar surface area (TPSA) is 78.9 Å². The smallest absolute Gasteiger partial charge is 0.326 e. The summed E-state index contributed by atoms with van der Waals surface area (Å²) in [6, 6.07) is -1.19. The summed E-state index contributed by atoms with van der Waals surface area (Å²) < 4.78 is 4.93. The van der Waals surface area contributed by atoms with E-state index >= 15 is 0 Å². The molecule has 6 nitrogen and oxygen atoms in total. The summed E-state index contributed by atoms with van der Waals surface area (Å²) in [5.41, 5.74) is 0. The van der Waals surface area contributed by atoms with Crippen molar-refractivity contribution in [2.24, 2.45) is 0 Å². The number of carboxylic acid groups (broad SMARTS) is 1. The number of urea groups is 1. The number of hydrogen-bond acceptors (Lipinski definition) is 3. The molecule has 0 heterocycles. The molecule has 0 aromatic heterocycles. The third kappa shape index (κ3) is 5.86. The third-order valence-electron chi connectivity index (χ3n) is 2.59. The largest absolute Gasteiger partial charge is 0.480 e. The molecule has 0 aliphatic heterocycles. The Balaban J connectivity index is 4.51. The number of carbonyl (C=O) groups excluding carboxylic acids is 1. The van der Waals surface area contributed by atoms with E-state index in [-0.39, 0.29) is 12.1 Å². The van der Waals surface area contributed by atoms with E-state index in [1.807, 2.05) is 20.8 Å². The van der Waals surface area contributed by atoms with Crippen molar-refractivity contribution in [2.45, 2.75) is 45.7 Å². The molecule has 0 aliphatic carbocycles. The molecule has 1 atom stereocenters. The van der Waals surface area contributed by atoms with Gasteiger partial charge in [0.05, 0.1) is 6.61 Å². The van der Waals surface area contributed by atoms with Crippen molar-refractivity contribution in [1.82, 2.24) is 10.2 Å². The predicted molar refractivity (Wildman–Crippen MR) is 68.6 cm³/mol.